The Labute approximate surface area is 201 Å². The minimum absolute atomic E-state index is 0.186. The van der Waals surface area contributed by atoms with Crippen LogP contribution >= 0.6 is 11.6 Å². The Hall–Kier alpha value is -2.98. The molecule has 1 aromatic heterocycles. The van der Waals surface area contributed by atoms with Crippen molar-refractivity contribution in [2.45, 2.75) is 52.2 Å². The maximum Gasteiger partial charge on any atom is 0.153 e. The van der Waals surface area contributed by atoms with E-state index in [0.717, 1.165) is 47.7 Å². The Morgan fingerprint density at radius 2 is 1.55 bits per heavy atom. The minimum atomic E-state index is -0.186. The predicted octanol–water partition coefficient (Wildman–Crippen LogP) is 7.81. The van der Waals surface area contributed by atoms with Crippen molar-refractivity contribution >= 4 is 22.6 Å². The molecule has 0 spiro atoms. The Bertz CT molecular complexity index is 1170. The molecule has 0 saturated heterocycles. The summed E-state index contributed by atoms with van der Waals surface area (Å²) in [7, 11) is 0. The van der Waals surface area contributed by atoms with Crippen LogP contribution in [0.25, 0.3) is 11.0 Å². The van der Waals surface area contributed by atoms with E-state index in [9.17, 15) is 0 Å². The number of halogens is 1. The van der Waals surface area contributed by atoms with E-state index in [1.807, 2.05) is 43.3 Å². The Morgan fingerprint density at radius 1 is 0.848 bits per heavy atom. The topological polar surface area (TPSA) is 36.3 Å². The molecule has 0 bridgehead atoms. The van der Waals surface area contributed by atoms with Crippen molar-refractivity contribution in [3.63, 3.8) is 0 Å². The molecule has 172 valence electrons. The molecule has 1 heterocycles. The number of aromatic nitrogens is 2. The lowest BCUT2D eigenvalue weighted by molar-refractivity contribution is 0.211. The van der Waals surface area contributed by atoms with Gasteiger partial charge in [-0.25, -0.2) is 4.98 Å². The summed E-state index contributed by atoms with van der Waals surface area (Å²) in [5.74, 6) is 3.17. The number of hydrogen-bond donors (Lipinski definition) is 0. The molecule has 4 nitrogen and oxygen atoms in total. The lowest BCUT2D eigenvalue weighted by atomic mass is 10.0. The van der Waals surface area contributed by atoms with Crippen LogP contribution in [0.1, 0.15) is 57.0 Å². The number of para-hydroxylation sites is 2. The molecule has 0 N–H and O–H groups in total. The van der Waals surface area contributed by atoms with Crippen LogP contribution in [0.15, 0.2) is 72.8 Å². The zero-order valence-electron chi connectivity index (χ0n) is 19.5. The smallest absolute Gasteiger partial charge is 0.153 e. The molecule has 0 fully saturated rings. The number of hydrogen-bond acceptors (Lipinski definition) is 3. The molecule has 0 aliphatic rings. The Kier molecular flexibility index (Phi) is 7.56. The average molecular weight is 463 g/mol. The lowest BCUT2D eigenvalue weighted by Gasteiger charge is -2.17. The van der Waals surface area contributed by atoms with Crippen molar-refractivity contribution in [3.05, 3.63) is 89.2 Å². The number of rotatable bonds is 10. The number of benzene rings is 3. The van der Waals surface area contributed by atoms with Crippen molar-refractivity contribution in [3.8, 4) is 11.5 Å². The van der Waals surface area contributed by atoms with Crippen LogP contribution in [0.4, 0.5) is 0 Å². The molecule has 3 aromatic carbocycles. The summed E-state index contributed by atoms with van der Waals surface area (Å²) in [5, 5.41) is 0.695. The maximum absolute atomic E-state index is 6.17. The fourth-order valence-electron chi connectivity index (χ4n) is 3.92. The van der Waals surface area contributed by atoms with Gasteiger partial charge in [-0.15, -0.1) is 0 Å². The van der Waals surface area contributed by atoms with Gasteiger partial charge in [0.25, 0.3) is 0 Å². The largest absolute Gasteiger partial charge is 0.494 e. The monoisotopic (exact) mass is 462 g/mol. The number of imidazole rings is 1. The van der Waals surface area contributed by atoms with Crippen molar-refractivity contribution in [1.82, 2.24) is 9.55 Å². The molecule has 1 atom stereocenters. The number of nitrogens with zero attached hydrogens (tertiary/aromatic N) is 2. The average Bonchev–Trinajstić information content (AvgIpc) is 3.19. The van der Waals surface area contributed by atoms with Gasteiger partial charge < -0.3 is 14.0 Å². The Balaban J connectivity index is 1.38. The van der Waals surface area contributed by atoms with E-state index in [0.29, 0.717) is 17.5 Å². The second-order valence-corrected chi connectivity index (χ2v) is 9.04. The molecule has 1 unspecified atom stereocenters. The highest BCUT2D eigenvalue weighted by molar-refractivity contribution is 6.30. The third-order valence-corrected chi connectivity index (χ3v) is 6.02. The van der Waals surface area contributed by atoms with Crippen LogP contribution in [0.2, 0.25) is 5.02 Å². The van der Waals surface area contributed by atoms with Crippen LogP contribution in [0, 0.1) is 0 Å². The van der Waals surface area contributed by atoms with Gasteiger partial charge in [-0.1, -0.05) is 49.7 Å². The van der Waals surface area contributed by atoms with Gasteiger partial charge in [-0.05, 0) is 79.8 Å². The molecular formula is C28H31ClN2O2. The fraction of sp³-hybridized carbons (Fsp3) is 0.321. The summed E-state index contributed by atoms with van der Waals surface area (Å²) >= 11 is 6.00. The summed E-state index contributed by atoms with van der Waals surface area (Å²) in [6.45, 7) is 7.99. The van der Waals surface area contributed by atoms with Crippen LogP contribution in [0.3, 0.4) is 0 Å². The molecule has 0 radical (unpaired) electrons. The highest BCUT2D eigenvalue weighted by Gasteiger charge is 2.18. The molecular weight excluding hydrogens is 432 g/mol. The second-order valence-electron chi connectivity index (χ2n) is 8.60. The molecule has 0 saturated carbocycles. The van der Waals surface area contributed by atoms with Crippen LogP contribution in [0.5, 0.6) is 11.5 Å². The van der Waals surface area contributed by atoms with Gasteiger partial charge in [-0.3, -0.25) is 0 Å². The number of aryl methyl sites for hydroxylation is 1. The lowest BCUT2D eigenvalue weighted by Crippen LogP contribution is -2.12. The van der Waals surface area contributed by atoms with Gasteiger partial charge >= 0.3 is 0 Å². The van der Waals surface area contributed by atoms with Crippen LogP contribution in [-0.4, -0.2) is 16.2 Å². The first-order chi connectivity index (χ1) is 16.0. The molecule has 0 aliphatic carbocycles. The van der Waals surface area contributed by atoms with Crippen molar-refractivity contribution in [2.75, 3.05) is 6.61 Å². The summed E-state index contributed by atoms with van der Waals surface area (Å²) in [6.07, 6.45) is 1.77. The zero-order chi connectivity index (χ0) is 23.2. The molecule has 4 rings (SSSR count). The van der Waals surface area contributed by atoms with Crippen LogP contribution in [-0.2, 0) is 6.54 Å². The van der Waals surface area contributed by atoms with Crippen molar-refractivity contribution in [2.24, 2.45) is 0 Å². The normalized spacial score (nSPS) is 12.3. The number of fused-ring (bicyclic) bond motifs is 1. The van der Waals surface area contributed by atoms with Gasteiger partial charge in [-0.2, -0.15) is 0 Å². The molecule has 33 heavy (non-hydrogen) atoms. The summed E-state index contributed by atoms with van der Waals surface area (Å²) < 4.78 is 14.4. The van der Waals surface area contributed by atoms with Gasteiger partial charge in [0.2, 0.25) is 0 Å². The van der Waals surface area contributed by atoms with Crippen molar-refractivity contribution < 1.29 is 9.47 Å². The van der Waals surface area contributed by atoms with E-state index < -0.39 is 0 Å². The van der Waals surface area contributed by atoms with Crippen molar-refractivity contribution in [1.29, 1.82) is 0 Å². The first-order valence-corrected chi connectivity index (χ1v) is 12.0. The highest BCUT2D eigenvalue weighted by atomic mass is 35.5. The number of ether oxygens (including phenoxy) is 2. The van der Waals surface area contributed by atoms with E-state index in [1.54, 1.807) is 0 Å². The minimum Gasteiger partial charge on any atom is -0.494 e. The molecule has 0 aliphatic heterocycles. The van der Waals surface area contributed by atoms with Crippen LogP contribution < -0.4 is 9.47 Å². The summed E-state index contributed by atoms with van der Waals surface area (Å²) in [6, 6.07) is 24.1. The van der Waals surface area contributed by atoms with E-state index in [1.165, 1.54) is 5.56 Å². The van der Waals surface area contributed by atoms with Gasteiger partial charge in [0.05, 0.1) is 17.6 Å². The van der Waals surface area contributed by atoms with Gasteiger partial charge in [0, 0.05) is 11.6 Å². The molecule has 5 heteroatoms. The SMILES string of the molecule is CC(C)c1ccc(OCCCCn2c(C(C)Oc3ccc(Cl)cc3)nc3ccccc32)cc1. The molecule has 4 aromatic rings. The third-order valence-electron chi connectivity index (χ3n) is 5.77. The summed E-state index contributed by atoms with van der Waals surface area (Å²) in [5.41, 5.74) is 3.45. The first-order valence-electron chi connectivity index (χ1n) is 11.6. The van der Waals surface area contributed by atoms with E-state index in [2.05, 4.69) is 54.8 Å². The Morgan fingerprint density at radius 3 is 2.27 bits per heavy atom. The highest BCUT2D eigenvalue weighted by Crippen LogP contribution is 2.26. The zero-order valence-corrected chi connectivity index (χ0v) is 20.3. The fourth-order valence-corrected chi connectivity index (χ4v) is 4.05. The predicted molar refractivity (Wildman–Crippen MR) is 135 cm³/mol. The van der Waals surface area contributed by atoms with Gasteiger partial charge in [0.1, 0.15) is 11.5 Å². The quantitative estimate of drug-likeness (QED) is 0.225. The second kappa shape index (κ2) is 10.8. The van der Waals surface area contributed by atoms with Gasteiger partial charge in [0.15, 0.2) is 11.9 Å². The number of unbranched alkanes of at least 4 members (excludes halogenated alkanes) is 1. The maximum atomic E-state index is 6.17. The first kappa shape index (κ1) is 23.2. The summed E-state index contributed by atoms with van der Waals surface area (Å²) in [4.78, 5) is 4.88. The van der Waals surface area contributed by atoms with E-state index in [-0.39, 0.29) is 6.10 Å². The van der Waals surface area contributed by atoms with E-state index in [4.69, 9.17) is 26.1 Å². The standard InChI is InChI=1S/C28H31ClN2O2/c1-20(2)22-10-14-24(15-11-22)32-19-7-6-18-31-27-9-5-4-8-26(27)30-28(31)21(3)33-25-16-12-23(29)13-17-25/h4-5,8-17,20-21H,6-7,18-19H2,1-3H3. The third kappa shape index (κ3) is 5.88. The molecule has 0 amide bonds. The van der Waals surface area contributed by atoms with E-state index >= 15 is 0 Å².